The Balaban J connectivity index is 1.63. The maximum Gasteiger partial charge on any atom is 0.522 e. The first-order valence-electron chi connectivity index (χ1n) is 11.4. The van der Waals surface area contributed by atoms with E-state index in [1.807, 2.05) is 0 Å². The number of ketones is 1. The molecule has 1 saturated carbocycles. The van der Waals surface area contributed by atoms with Crippen molar-refractivity contribution in [2.75, 3.05) is 24.7 Å². The Bertz CT molecular complexity index is 891. The second kappa shape index (κ2) is 11.3. The zero-order chi connectivity index (χ0) is 26.7. The fraction of sp³-hybridized carbons (Fsp3) is 0.750. The summed E-state index contributed by atoms with van der Waals surface area (Å²) in [5.74, 6) is -5.43. The van der Waals surface area contributed by atoms with E-state index < -0.39 is 77.0 Å². The molecule has 3 fully saturated rings. The van der Waals surface area contributed by atoms with E-state index in [1.165, 1.54) is 0 Å². The highest BCUT2D eigenvalue weighted by Crippen LogP contribution is 2.48. The Morgan fingerprint density at radius 3 is 2.22 bits per heavy atom. The van der Waals surface area contributed by atoms with Crippen LogP contribution in [0.2, 0.25) is 0 Å². The standard InChI is InChI=1S/C20H29F3N4O8S/c21-20(22,23)35-7-15(28)13(6-11-3-4-24-16(11)29)26-17(30)14(5-10-1-2-10)27-19(32)18(31)25-12-8-36(33,34)9-12/h10-14,33-34H,1-9H2,(H,24,29)(H,25,31)(H,26,30)(H,27,32). The van der Waals surface area contributed by atoms with Gasteiger partial charge < -0.3 is 21.3 Å². The third-order valence-corrected chi connectivity index (χ3v) is 8.00. The van der Waals surface area contributed by atoms with Crippen LogP contribution in [-0.4, -0.2) is 87.7 Å². The summed E-state index contributed by atoms with van der Waals surface area (Å²) in [5, 5.41) is 9.48. The molecule has 3 unspecified atom stereocenters. The summed E-state index contributed by atoms with van der Waals surface area (Å²) in [6.45, 7) is -1.05. The molecule has 1 aliphatic carbocycles. The second-order valence-corrected chi connectivity index (χ2v) is 11.6. The van der Waals surface area contributed by atoms with Crippen LogP contribution < -0.4 is 21.3 Å². The van der Waals surface area contributed by atoms with Crippen molar-refractivity contribution >= 4 is 40.0 Å². The van der Waals surface area contributed by atoms with Crippen LogP contribution in [0.25, 0.3) is 0 Å². The van der Waals surface area contributed by atoms with Gasteiger partial charge in [-0.05, 0) is 25.2 Å². The van der Waals surface area contributed by atoms with Gasteiger partial charge in [0, 0.05) is 12.5 Å². The molecular formula is C20H29F3N4O8S. The molecule has 3 aliphatic rings. The van der Waals surface area contributed by atoms with Crippen molar-refractivity contribution in [3.8, 4) is 0 Å². The summed E-state index contributed by atoms with van der Waals surface area (Å²) < 4.78 is 59.7. The third kappa shape index (κ3) is 8.60. The molecule has 0 aromatic rings. The molecule has 3 atom stereocenters. The van der Waals surface area contributed by atoms with Gasteiger partial charge in [-0.3, -0.25) is 37.8 Å². The molecule has 0 aromatic carbocycles. The minimum atomic E-state index is -5.07. The molecule has 0 spiro atoms. The molecule has 12 nitrogen and oxygen atoms in total. The quantitative estimate of drug-likeness (QED) is 0.191. The van der Waals surface area contributed by atoms with Crippen LogP contribution in [0, 0.1) is 11.8 Å². The number of alkyl halides is 3. The maximum absolute atomic E-state index is 13.0. The number of hydrogen-bond acceptors (Lipinski definition) is 8. The van der Waals surface area contributed by atoms with Crippen molar-refractivity contribution in [1.29, 1.82) is 0 Å². The molecule has 204 valence electrons. The molecule has 2 aliphatic heterocycles. The topological polar surface area (TPSA) is 183 Å². The molecule has 2 heterocycles. The average molecular weight is 543 g/mol. The van der Waals surface area contributed by atoms with Crippen molar-refractivity contribution in [2.45, 2.75) is 56.6 Å². The summed E-state index contributed by atoms with van der Waals surface area (Å²) in [5.41, 5.74) is 0. The van der Waals surface area contributed by atoms with Gasteiger partial charge in [0.1, 0.15) is 12.6 Å². The molecule has 16 heteroatoms. The van der Waals surface area contributed by atoms with E-state index in [0.29, 0.717) is 13.0 Å². The summed E-state index contributed by atoms with van der Waals surface area (Å²) in [6, 6.07) is -3.34. The second-order valence-electron chi connectivity index (χ2n) is 9.29. The zero-order valence-corrected chi connectivity index (χ0v) is 20.0. The molecule has 4 amide bonds. The summed E-state index contributed by atoms with van der Waals surface area (Å²) in [7, 11) is -2.75. The van der Waals surface area contributed by atoms with E-state index in [0.717, 1.165) is 12.8 Å². The van der Waals surface area contributed by atoms with Gasteiger partial charge in [-0.25, -0.2) is 0 Å². The highest BCUT2D eigenvalue weighted by atomic mass is 32.3. The number of halogens is 3. The number of rotatable bonds is 11. The largest absolute Gasteiger partial charge is 0.522 e. The molecular weight excluding hydrogens is 513 g/mol. The van der Waals surface area contributed by atoms with Gasteiger partial charge in [0.15, 0.2) is 5.78 Å². The first kappa shape index (κ1) is 28.1. The predicted molar refractivity (Wildman–Crippen MR) is 118 cm³/mol. The van der Waals surface area contributed by atoms with Crippen LogP contribution in [0.5, 0.6) is 0 Å². The summed E-state index contributed by atoms with van der Waals surface area (Å²) in [4.78, 5) is 61.9. The summed E-state index contributed by atoms with van der Waals surface area (Å²) >= 11 is 0. The van der Waals surface area contributed by atoms with E-state index in [4.69, 9.17) is 0 Å². The monoisotopic (exact) mass is 542 g/mol. The normalized spacial score (nSPS) is 24.0. The first-order chi connectivity index (χ1) is 16.7. The first-order valence-corrected chi connectivity index (χ1v) is 13.3. The highest BCUT2D eigenvalue weighted by molar-refractivity contribution is 8.25. The van der Waals surface area contributed by atoms with Crippen molar-refractivity contribution in [3.05, 3.63) is 0 Å². The van der Waals surface area contributed by atoms with Gasteiger partial charge in [-0.15, -0.1) is 13.2 Å². The van der Waals surface area contributed by atoms with Crippen LogP contribution in [0.15, 0.2) is 0 Å². The number of carbonyl (C=O) groups excluding carboxylic acids is 5. The van der Waals surface area contributed by atoms with E-state index in [2.05, 4.69) is 26.0 Å². The van der Waals surface area contributed by atoms with Crippen LogP contribution in [0.1, 0.15) is 32.1 Å². The average Bonchev–Trinajstić information content (AvgIpc) is 3.48. The molecule has 6 N–H and O–H groups in total. The van der Waals surface area contributed by atoms with E-state index in [9.17, 15) is 46.2 Å². The Morgan fingerprint density at radius 2 is 1.69 bits per heavy atom. The van der Waals surface area contributed by atoms with Gasteiger partial charge in [0.05, 0.1) is 23.6 Å². The number of ether oxygens (including phenoxy) is 1. The number of Topliss-reactive ketones (excluding diaryl/α,β-unsaturated/α-hetero) is 1. The predicted octanol–water partition coefficient (Wildman–Crippen LogP) is -0.363. The lowest BCUT2D eigenvalue weighted by molar-refractivity contribution is -0.321. The Morgan fingerprint density at radius 1 is 1.03 bits per heavy atom. The number of hydrogen-bond donors (Lipinski definition) is 6. The van der Waals surface area contributed by atoms with Gasteiger partial charge in [-0.1, -0.05) is 12.8 Å². The zero-order valence-electron chi connectivity index (χ0n) is 19.1. The minimum Gasteiger partial charge on any atom is -0.356 e. The van der Waals surface area contributed by atoms with Gasteiger partial charge >= 0.3 is 18.2 Å². The van der Waals surface area contributed by atoms with Crippen LogP contribution in [-0.2, 0) is 28.7 Å². The van der Waals surface area contributed by atoms with Gasteiger partial charge in [-0.2, -0.15) is 10.6 Å². The lowest BCUT2D eigenvalue weighted by atomic mass is 9.95. The molecule has 0 radical (unpaired) electrons. The maximum atomic E-state index is 13.0. The van der Waals surface area contributed by atoms with Crippen LogP contribution in [0.3, 0.4) is 0 Å². The summed E-state index contributed by atoms with van der Waals surface area (Å²) in [6.07, 6.45) is -3.31. The molecule has 36 heavy (non-hydrogen) atoms. The van der Waals surface area contributed by atoms with E-state index in [1.54, 1.807) is 0 Å². The fourth-order valence-corrected chi connectivity index (χ4v) is 5.38. The molecule has 0 bridgehead atoms. The highest BCUT2D eigenvalue weighted by Gasteiger charge is 2.39. The number of nitrogens with one attached hydrogen (secondary N) is 4. The third-order valence-electron chi connectivity index (χ3n) is 6.13. The van der Waals surface area contributed by atoms with Crippen molar-refractivity contribution in [1.82, 2.24) is 21.3 Å². The SMILES string of the molecule is O=C(NC1CS(O)(O)C1)C(=O)NC(CC1CC1)C(=O)NC(CC1CCNC1=O)C(=O)COC(F)(F)F. The Labute approximate surface area is 205 Å². The molecule has 3 rings (SSSR count). The van der Waals surface area contributed by atoms with E-state index >= 15 is 0 Å². The molecule has 2 saturated heterocycles. The van der Waals surface area contributed by atoms with Crippen molar-refractivity contribution in [3.63, 3.8) is 0 Å². The van der Waals surface area contributed by atoms with E-state index in [-0.39, 0.29) is 30.3 Å². The van der Waals surface area contributed by atoms with Crippen LogP contribution in [0.4, 0.5) is 13.2 Å². The minimum absolute atomic E-state index is 0.0760. The number of carbonyl (C=O) groups is 5. The Hall–Kier alpha value is -2.43. The number of amides is 4. The van der Waals surface area contributed by atoms with Gasteiger partial charge in [0.2, 0.25) is 11.8 Å². The van der Waals surface area contributed by atoms with Crippen LogP contribution >= 0.6 is 10.6 Å². The lowest BCUT2D eigenvalue weighted by Gasteiger charge is -2.46. The fourth-order valence-electron chi connectivity index (χ4n) is 4.02. The molecule has 0 aromatic heterocycles. The smallest absolute Gasteiger partial charge is 0.356 e. The Kier molecular flexibility index (Phi) is 8.84. The lowest BCUT2D eigenvalue weighted by Crippen LogP contribution is -2.57. The van der Waals surface area contributed by atoms with Crippen molar-refractivity contribution in [2.24, 2.45) is 11.8 Å². The van der Waals surface area contributed by atoms with Gasteiger partial charge in [0.25, 0.3) is 0 Å². The van der Waals surface area contributed by atoms with Crippen molar-refractivity contribution < 1.29 is 51.0 Å².